The minimum absolute atomic E-state index is 0.121. The van der Waals surface area contributed by atoms with Gasteiger partial charge in [0.2, 0.25) is 11.8 Å². The third kappa shape index (κ3) is 5.63. The molecule has 0 aliphatic rings. The van der Waals surface area contributed by atoms with Gasteiger partial charge in [-0.05, 0) is 42.5 Å². The molecule has 0 aromatic heterocycles. The summed E-state index contributed by atoms with van der Waals surface area (Å²) in [5.41, 5.74) is 1.29. The van der Waals surface area contributed by atoms with Crippen LogP contribution >= 0.6 is 11.8 Å². The van der Waals surface area contributed by atoms with Gasteiger partial charge in [0.1, 0.15) is 5.75 Å². The van der Waals surface area contributed by atoms with Crippen LogP contribution in [0.1, 0.15) is 24.2 Å². The monoisotopic (exact) mass is 372 g/mol. The summed E-state index contributed by atoms with van der Waals surface area (Å²) in [6.07, 6.45) is 0. The van der Waals surface area contributed by atoms with Gasteiger partial charge in [0, 0.05) is 30.0 Å². The van der Waals surface area contributed by atoms with Crippen molar-refractivity contribution in [1.29, 1.82) is 0 Å². The molecule has 0 aliphatic heterocycles. The van der Waals surface area contributed by atoms with Crippen molar-refractivity contribution in [3.05, 3.63) is 48.0 Å². The van der Waals surface area contributed by atoms with Crippen molar-refractivity contribution in [2.24, 2.45) is 0 Å². The van der Waals surface area contributed by atoms with Gasteiger partial charge in [0.05, 0.1) is 18.6 Å². The summed E-state index contributed by atoms with van der Waals surface area (Å²) < 4.78 is 5.11. The van der Waals surface area contributed by atoms with E-state index in [4.69, 9.17) is 4.74 Å². The fourth-order valence-corrected chi connectivity index (χ4v) is 3.04. The average Bonchev–Trinajstić information content (AvgIpc) is 2.59. The normalized spacial score (nSPS) is 10.1. The number of carbonyl (C=O) groups excluding carboxylic acids is 3. The van der Waals surface area contributed by atoms with Crippen molar-refractivity contribution in [3.63, 3.8) is 0 Å². The predicted octanol–water partition coefficient (Wildman–Crippen LogP) is 3.59. The quantitative estimate of drug-likeness (QED) is 0.573. The minimum atomic E-state index is -0.290. The molecule has 2 rings (SSSR count). The van der Waals surface area contributed by atoms with E-state index < -0.39 is 0 Å². The molecule has 0 fully saturated rings. The second kappa shape index (κ2) is 9.05. The first-order valence-electron chi connectivity index (χ1n) is 7.88. The van der Waals surface area contributed by atoms with Crippen LogP contribution in [0, 0.1) is 0 Å². The molecule has 2 N–H and O–H groups in total. The Morgan fingerprint density at radius 3 is 2.19 bits per heavy atom. The molecule has 7 heteroatoms. The summed E-state index contributed by atoms with van der Waals surface area (Å²) in [6, 6.07) is 12.2. The molecule has 0 heterocycles. The molecule has 2 aromatic carbocycles. The van der Waals surface area contributed by atoms with E-state index in [-0.39, 0.29) is 23.4 Å². The standard InChI is InChI=1S/C19H20N2O4S/c1-12(22)20-14-4-9-17(18(10-14)21-13(2)23)19(24)11-26-16-7-5-15(25-3)6-8-16/h4-10H,11H2,1-3H3,(H,20,22)(H,21,23). The molecule has 0 saturated carbocycles. The molecule has 0 bridgehead atoms. The van der Waals surface area contributed by atoms with E-state index in [0.717, 1.165) is 10.6 Å². The number of carbonyl (C=O) groups is 3. The highest BCUT2D eigenvalue weighted by Gasteiger charge is 2.14. The Morgan fingerprint density at radius 2 is 1.62 bits per heavy atom. The Bertz CT molecular complexity index is 819. The first kappa shape index (κ1) is 19.5. The Labute approximate surface area is 156 Å². The summed E-state index contributed by atoms with van der Waals surface area (Å²) >= 11 is 1.40. The lowest BCUT2D eigenvalue weighted by Crippen LogP contribution is -2.13. The lowest BCUT2D eigenvalue weighted by molar-refractivity contribution is -0.115. The van der Waals surface area contributed by atoms with E-state index in [2.05, 4.69) is 10.6 Å². The number of amides is 2. The zero-order valence-corrected chi connectivity index (χ0v) is 15.6. The Hall–Kier alpha value is -2.80. The smallest absolute Gasteiger partial charge is 0.221 e. The maximum Gasteiger partial charge on any atom is 0.221 e. The molecule has 2 aromatic rings. The highest BCUT2D eigenvalue weighted by atomic mass is 32.2. The average molecular weight is 372 g/mol. The van der Waals surface area contributed by atoms with E-state index in [9.17, 15) is 14.4 Å². The number of rotatable bonds is 7. The molecule has 0 atom stereocenters. The van der Waals surface area contributed by atoms with Gasteiger partial charge in [0.25, 0.3) is 0 Å². The van der Waals surface area contributed by atoms with Crippen molar-refractivity contribution in [1.82, 2.24) is 0 Å². The third-order valence-electron chi connectivity index (χ3n) is 3.38. The SMILES string of the molecule is COc1ccc(SCC(=O)c2ccc(NC(C)=O)cc2NC(C)=O)cc1. The highest BCUT2D eigenvalue weighted by molar-refractivity contribution is 8.00. The van der Waals surface area contributed by atoms with Crippen LogP contribution < -0.4 is 15.4 Å². The van der Waals surface area contributed by atoms with Crippen LogP contribution in [0.25, 0.3) is 0 Å². The van der Waals surface area contributed by atoms with E-state index in [0.29, 0.717) is 16.9 Å². The molecule has 26 heavy (non-hydrogen) atoms. The van der Waals surface area contributed by atoms with Gasteiger partial charge in [-0.3, -0.25) is 14.4 Å². The van der Waals surface area contributed by atoms with E-state index in [1.165, 1.54) is 25.6 Å². The molecule has 0 spiro atoms. The fourth-order valence-electron chi connectivity index (χ4n) is 2.26. The number of benzene rings is 2. The predicted molar refractivity (Wildman–Crippen MR) is 103 cm³/mol. The van der Waals surface area contributed by atoms with Gasteiger partial charge < -0.3 is 15.4 Å². The van der Waals surface area contributed by atoms with Gasteiger partial charge in [0.15, 0.2) is 5.78 Å². The van der Waals surface area contributed by atoms with Gasteiger partial charge in [-0.15, -0.1) is 11.8 Å². The summed E-state index contributed by atoms with van der Waals surface area (Å²) in [4.78, 5) is 36.2. The van der Waals surface area contributed by atoms with Crippen molar-refractivity contribution in [2.75, 3.05) is 23.5 Å². The van der Waals surface area contributed by atoms with E-state index in [1.54, 1.807) is 25.3 Å². The molecule has 0 saturated heterocycles. The molecule has 0 aliphatic carbocycles. The number of methoxy groups -OCH3 is 1. The number of ether oxygens (including phenoxy) is 1. The lowest BCUT2D eigenvalue weighted by atomic mass is 10.1. The largest absolute Gasteiger partial charge is 0.497 e. The number of nitrogens with one attached hydrogen (secondary N) is 2. The van der Waals surface area contributed by atoms with Crippen molar-refractivity contribution >= 4 is 40.7 Å². The van der Waals surface area contributed by atoms with Crippen LogP contribution in [0.15, 0.2) is 47.4 Å². The van der Waals surface area contributed by atoms with E-state index in [1.807, 2.05) is 24.3 Å². The third-order valence-corrected chi connectivity index (χ3v) is 4.39. The maximum absolute atomic E-state index is 12.6. The van der Waals surface area contributed by atoms with Gasteiger partial charge >= 0.3 is 0 Å². The van der Waals surface area contributed by atoms with E-state index >= 15 is 0 Å². The number of thioether (sulfide) groups is 1. The molecule has 2 amide bonds. The first-order valence-corrected chi connectivity index (χ1v) is 8.87. The van der Waals surface area contributed by atoms with Crippen molar-refractivity contribution in [3.8, 4) is 5.75 Å². The van der Waals surface area contributed by atoms with Crippen molar-refractivity contribution < 1.29 is 19.1 Å². The summed E-state index contributed by atoms with van der Waals surface area (Å²) in [6.45, 7) is 2.76. The molecule has 0 unspecified atom stereocenters. The molecular formula is C19H20N2O4S. The zero-order chi connectivity index (χ0) is 19.1. The lowest BCUT2D eigenvalue weighted by Gasteiger charge is -2.12. The van der Waals surface area contributed by atoms with Crippen LogP contribution in [0.3, 0.4) is 0 Å². The van der Waals surface area contributed by atoms with Crippen LogP contribution in [0.5, 0.6) is 5.75 Å². The van der Waals surface area contributed by atoms with Crippen LogP contribution in [-0.4, -0.2) is 30.5 Å². The number of hydrogen-bond acceptors (Lipinski definition) is 5. The number of anilines is 2. The molecule has 0 radical (unpaired) electrons. The minimum Gasteiger partial charge on any atom is -0.497 e. The van der Waals surface area contributed by atoms with Crippen LogP contribution in [-0.2, 0) is 9.59 Å². The van der Waals surface area contributed by atoms with Crippen molar-refractivity contribution in [2.45, 2.75) is 18.7 Å². The van der Waals surface area contributed by atoms with Gasteiger partial charge in [-0.2, -0.15) is 0 Å². The number of ketones is 1. The first-order chi connectivity index (χ1) is 12.4. The molecule has 6 nitrogen and oxygen atoms in total. The summed E-state index contributed by atoms with van der Waals surface area (Å²) in [5, 5.41) is 5.28. The summed E-state index contributed by atoms with van der Waals surface area (Å²) in [7, 11) is 1.60. The molecular weight excluding hydrogens is 352 g/mol. The number of Topliss-reactive ketones (excluding diaryl/α,β-unsaturated/α-hetero) is 1. The Balaban J connectivity index is 2.14. The second-order valence-corrected chi connectivity index (χ2v) is 6.56. The maximum atomic E-state index is 12.6. The van der Waals surface area contributed by atoms with Crippen LogP contribution in [0.2, 0.25) is 0 Å². The van der Waals surface area contributed by atoms with Crippen LogP contribution in [0.4, 0.5) is 11.4 Å². The molecule has 136 valence electrons. The second-order valence-electron chi connectivity index (χ2n) is 5.51. The highest BCUT2D eigenvalue weighted by Crippen LogP contribution is 2.26. The van der Waals surface area contributed by atoms with Gasteiger partial charge in [-0.25, -0.2) is 0 Å². The Morgan fingerprint density at radius 1 is 0.962 bits per heavy atom. The zero-order valence-electron chi connectivity index (χ0n) is 14.8. The number of hydrogen-bond donors (Lipinski definition) is 2. The van der Waals surface area contributed by atoms with Gasteiger partial charge in [-0.1, -0.05) is 0 Å². The summed E-state index contributed by atoms with van der Waals surface area (Å²) in [5.74, 6) is 0.333. The topological polar surface area (TPSA) is 84.5 Å². The Kier molecular flexibility index (Phi) is 6.80. The fraction of sp³-hybridized carbons (Fsp3) is 0.211.